The number of hydrogen-bond donors (Lipinski definition) is 3. The van der Waals surface area contributed by atoms with E-state index >= 15 is 0 Å². The Morgan fingerprint density at radius 2 is 1.97 bits per heavy atom. The van der Waals surface area contributed by atoms with Crippen LogP contribution in [0.25, 0.3) is 11.0 Å². The Bertz CT molecular complexity index is 1320. The molecule has 0 saturated heterocycles. The van der Waals surface area contributed by atoms with Crippen molar-refractivity contribution < 1.29 is 40.1 Å². The minimum Gasteiger partial charge on any atom is -0.332 e. The van der Waals surface area contributed by atoms with Gasteiger partial charge in [0.05, 0.1) is 23.4 Å². The first-order valence-electron chi connectivity index (χ1n) is 9.23. The largest absolute Gasteiger partial charge is 0.516 e. The van der Waals surface area contributed by atoms with E-state index in [0.717, 1.165) is 23.8 Å². The summed E-state index contributed by atoms with van der Waals surface area (Å²) in [7, 11) is -5.99. The number of ketones is 1. The van der Waals surface area contributed by atoms with Crippen LogP contribution < -0.4 is 15.0 Å². The highest BCUT2D eigenvalue weighted by Crippen LogP contribution is 2.32. The summed E-state index contributed by atoms with van der Waals surface area (Å²) in [5.74, 6) is -3.55. The molecule has 1 aliphatic rings. The standard InChI is InChI=1S/C18H14F5N5O3S/c19-10-3-4-11(28-32(30,31)18(21,22)23)14(20)13(10)15(29)9-6-25-17-12(9)16(26-7-27-17)24-5-8-1-2-8/h3-4,6-8,28H,1-2,5H2,(H2,24,25,26,27)/p+1. The number of alkyl halides is 3. The fraction of sp³-hybridized carbons (Fsp3) is 0.278. The molecule has 0 atom stereocenters. The molecule has 0 aliphatic heterocycles. The van der Waals surface area contributed by atoms with Crippen molar-refractivity contribution in [2.75, 3.05) is 16.6 Å². The lowest BCUT2D eigenvalue weighted by atomic mass is 10.0. The third kappa shape index (κ3) is 3.97. The molecule has 0 spiro atoms. The lowest BCUT2D eigenvalue weighted by Crippen LogP contribution is -2.30. The summed E-state index contributed by atoms with van der Waals surface area (Å²) in [6, 6.07) is 0.952. The number of halogens is 5. The Morgan fingerprint density at radius 3 is 2.62 bits per heavy atom. The molecule has 1 saturated carbocycles. The number of benzene rings is 1. The summed E-state index contributed by atoms with van der Waals surface area (Å²) in [5, 5.41) is 3.29. The smallest absolute Gasteiger partial charge is 0.332 e. The molecule has 1 fully saturated rings. The number of nitrogens with zero attached hydrogens (tertiary/aromatic N) is 1. The molecule has 1 aliphatic carbocycles. The van der Waals surface area contributed by atoms with Crippen molar-refractivity contribution >= 4 is 38.3 Å². The van der Waals surface area contributed by atoms with E-state index in [0.29, 0.717) is 30.4 Å². The number of H-pyrrole nitrogens is 2. The van der Waals surface area contributed by atoms with E-state index in [-0.39, 0.29) is 16.6 Å². The number of aromatic nitrogens is 3. The number of carbonyl (C=O) groups excluding carboxylic acids is 1. The Labute approximate surface area is 177 Å². The molecule has 2 aromatic heterocycles. The van der Waals surface area contributed by atoms with Gasteiger partial charge in [-0.25, -0.2) is 13.8 Å². The van der Waals surface area contributed by atoms with Gasteiger partial charge in [-0.2, -0.15) is 21.6 Å². The summed E-state index contributed by atoms with van der Waals surface area (Å²) in [4.78, 5) is 22.5. The molecule has 0 amide bonds. The maximum atomic E-state index is 14.9. The van der Waals surface area contributed by atoms with Crippen LogP contribution in [0.5, 0.6) is 0 Å². The van der Waals surface area contributed by atoms with E-state index in [4.69, 9.17) is 0 Å². The lowest BCUT2D eigenvalue weighted by Gasteiger charge is -2.13. The number of fused-ring (bicyclic) bond motifs is 1. The number of carbonyl (C=O) groups is 1. The van der Waals surface area contributed by atoms with Crippen LogP contribution in [0.4, 0.5) is 33.5 Å². The SMILES string of the molecule is O=C(c1c(F)ccc(NS(=O)(=O)C(F)(F)F)c1F)c1c[nH]c2nc[nH+]c(NCC3CC3)c12. The van der Waals surface area contributed by atoms with E-state index in [2.05, 4.69) is 20.3 Å². The van der Waals surface area contributed by atoms with Gasteiger partial charge in [0.15, 0.2) is 5.82 Å². The van der Waals surface area contributed by atoms with E-state index in [1.165, 1.54) is 6.33 Å². The summed E-state index contributed by atoms with van der Waals surface area (Å²) >= 11 is 0. The molecular weight excluding hydrogens is 461 g/mol. The maximum absolute atomic E-state index is 14.9. The van der Waals surface area contributed by atoms with Crippen molar-refractivity contribution in [3.05, 3.63) is 47.4 Å². The fourth-order valence-corrected chi connectivity index (χ4v) is 3.63. The molecule has 8 nitrogen and oxygen atoms in total. The molecule has 4 rings (SSSR count). The van der Waals surface area contributed by atoms with E-state index < -0.39 is 44.2 Å². The predicted molar refractivity (Wildman–Crippen MR) is 102 cm³/mol. The molecule has 4 N–H and O–H groups in total. The van der Waals surface area contributed by atoms with Gasteiger partial charge in [0.25, 0.3) is 0 Å². The normalized spacial score (nSPS) is 14.5. The van der Waals surface area contributed by atoms with Crippen LogP contribution in [0.3, 0.4) is 0 Å². The van der Waals surface area contributed by atoms with E-state index in [1.807, 2.05) is 0 Å². The van der Waals surface area contributed by atoms with Crippen LogP contribution in [-0.2, 0) is 10.0 Å². The predicted octanol–water partition coefficient (Wildman–Crippen LogP) is 2.97. The Balaban J connectivity index is 1.76. The van der Waals surface area contributed by atoms with Crippen molar-refractivity contribution in [2.24, 2.45) is 5.92 Å². The van der Waals surface area contributed by atoms with Crippen LogP contribution in [-0.4, -0.2) is 36.2 Å². The number of rotatable bonds is 7. The molecule has 0 unspecified atom stereocenters. The highest BCUT2D eigenvalue weighted by molar-refractivity contribution is 7.93. The molecule has 3 aromatic rings. The van der Waals surface area contributed by atoms with Gasteiger partial charge in [-0.1, -0.05) is 4.98 Å². The maximum Gasteiger partial charge on any atom is 0.516 e. The van der Waals surface area contributed by atoms with Gasteiger partial charge in [0.1, 0.15) is 11.2 Å². The lowest BCUT2D eigenvalue weighted by molar-refractivity contribution is -0.364. The summed E-state index contributed by atoms with van der Waals surface area (Å²) in [5.41, 5.74) is -8.16. The van der Waals surface area contributed by atoms with Crippen molar-refractivity contribution in [3.63, 3.8) is 0 Å². The molecule has 2 heterocycles. The molecular formula is C18H15F5N5O3S+. The van der Waals surface area contributed by atoms with Gasteiger partial charge in [-0.3, -0.25) is 9.52 Å². The second-order valence-corrected chi connectivity index (χ2v) is 8.87. The second-order valence-electron chi connectivity index (χ2n) is 7.19. The summed E-state index contributed by atoms with van der Waals surface area (Å²) in [6.45, 7) is 0.589. The molecule has 0 radical (unpaired) electrons. The van der Waals surface area contributed by atoms with Gasteiger partial charge in [-0.05, 0) is 30.9 Å². The zero-order chi connectivity index (χ0) is 23.3. The minimum atomic E-state index is -5.99. The van der Waals surface area contributed by atoms with Crippen molar-refractivity contribution in [2.45, 2.75) is 18.3 Å². The van der Waals surface area contributed by atoms with Crippen LogP contribution in [0, 0.1) is 17.6 Å². The van der Waals surface area contributed by atoms with Gasteiger partial charge in [-0.15, -0.1) is 0 Å². The average Bonchev–Trinajstić information content (AvgIpc) is 3.44. The first-order valence-corrected chi connectivity index (χ1v) is 10.7. The van der Waals surface area contributed by atoms with Crippen LogP contribution in [0.2, 0.25) is 0 Å². The monoisotopic (exact) mass is 476 g/mol. The molecule has 32 heavy (non-hydrogen) atoms. The van der Waals surface area contributed by atoms with Crippen molar-refractivity contribution in [1.29, 1.82) is 0 Å². The number of anilines is 2. The van der Waals surface area contributed by atoms with Gasteiger partial charge >= 0.3 is 15.5 Å². The third-order valence-electron chi connectivity index (χ3n) is 4.89. The highest BCUT2D eigenvalue weighted by atomic mass is 32.2. The average molecular weight is 476 g/mol. The van der Waals surface area contributed by atoms with Crippen molar-refractivity contribution in [1.82, 2.24) is 9.97 Å². The second kappa shape index (κ2) is 7.69. The Kier molecular flexibility index (Phi) is 5.27. The van der Waals surface area contributed by atoms with Crippen molar-refractivity contribution in [3.8, 4) is 0 Å². The highest BCUT2D eigenvalue weighted by Gasteiger charge is 2.46. The fourth-order valence-electron chi connectivity index (χ4n) is 3.06. The molecule has 14 heteroatoms. The number of sulfonamides is 1. The van der Waals surface area contributed by atoms with E-state index in [1.54, 1.807) is 0 Å². The molecule has 1 aromatic carbocycles. The quantitative estimate of drug-likeness (QED) is 0.358. The van der Waals surface area contributed by atoms with Crippen LogP contribution in [0.15, 0.2) is 24.7 Å². The van der Waals surface area contributed by atoms with Gasteiger partial charge in [0.2, 0.25) is 23.6 Å². The molecule has 0 bridgehead atoms. The van der Waals surface area contributed by atoms with Gasteiger partial charge < -0.3 is 10.3 Å². The van der Waals surface area contributed by atoms with Crippen LogP contribution in [0.1, 0.15) is 28.8 Å². The van der Waals surface area contributed by atoms with E-state index in [9.17, 15) is 35.2 Å². The Hall–Kier alpha value is -3.29. The summed E-state index contributed by atoms with van der Waals surface area (Å²) < 4.78 is 90.8. The number of nitrogens with one attached hydrogen (secondary N) is 4. The zero-order valence-electron chi connectivity index (χ0n) is 16.0. The zero-order valence-corrected chi connectivity index (χ0v) is 16.8. The topological polar surface area (TPSA) is 118 Å². The molecule has 170 valence electrons. The first-order chi connectivity index (χ1) is 15.0. The number of aromatic amines is 2. The first kappa shape index (κ1) is 21.9. The van der Waals surface area contributed by atoms with Gasteiger partial charge in [0, 0.05) is 6.20 Å². The summed E-state index contributed by atoms with van der Waals surface area (Å²) in [6.07, 6.45) is 4.58. The number of hydrogen-bond acceptors (Lipinski definition) is 5. The van der Waals surface area contributed by atoms with Crippen LogP contribution >= 0.6 is 0 Å². The third-order valence-corrected chi connectivity index (χ3v) is 5.99. The Morgan fingerprint density at radius 1 is 1.25 bits per heavy atom. The minimum absolute atomic E-state index is 0.193.